The van der Waals surface area contributed by atoms with Crippen molar-refractivity contribution in [1.82, 2.24) is 5.32 Å². The SMILES string of the molecule is N[C@@H](Cc1ccc(OCC(O)CO)cc1)C(=O)NC(Cc1ccc(C(F)(F)F)cc1)C(=O)O. The van der Waals surface area contributed by atoms with E-state index in [4.69, 9.17) is 15.6 Å². The third-order valence-corrected chi connectivity index (χ3v) is 4.70. The highest BCUT2D eigenvalue weighted by molar-refractivity contribution is 5.87. The van der Waals surface area contributed by atoms with Gasteiger partial charge in [-0.05, 0) is 41.8 Å². The Kier molecular flexibility index (Phi) is 9.21. The summed E-state index contributed by atoms with van der Waals surface area (Å²) >= 11 is 0. The number of aliphatic hydroxyl groups excluding tert-OH is 2. The number of aliphatic hydroxyl groups is 2. The van der Waals surface area contributed by atoms with Gasteiger partial charge in [0.05, 0.1) is 18.2 Å². The van der Waals surface area contributed by atoms with Gasteiger partial charge in [-0.2, -0.15) is 13.2 Å². The number of carboxylic acid groups (broad SMARTS) is 1. The summed E-state index contributed by atoms with van der Waals surface area (Å²) in [6, 6.07) is 8.05. The first-order chi connectivity index (χ1) is 15.5. The number of aliphatic carboxylic acids is 1. The second-order valence-electron chi connectivity index (χ2n) is 7.40. The smallest absolute Gasteiger partial charge is 0.416 e. The molecule has 0 saturated heterocycles. The Labute approximate surface area is 187 Å². The van der Waals surface area contributed by atoms with Crippen molar-refractivity contribution < 1.29 is 42.8 Å². The first kappa shape index (κ1) is 26.1. The van der Waals surface area contributed by atoms with Crippen LogP contribution in [0.15, 0.2) is 48.5 Å². The minimum Gasteiger partial charge on any atom is -0.491 e. The summed E-state index contributed by atoms with van der Waals surface area (Å²) in [5, 5.41) is 29.8. The largest absolute Gasteiger partial charge is 0.491 e. The lowest BCUT2D eigenvalue weighted by Crippen LogP contribution is -2.50. The van der Waals surface area contributed by atoms with Gasteiger partial charge in [0.1, 0.15) is 24.5 Å². The molecule has 33 heavy (non-hydrogen) atoms. The lowest BCUT2D eigenvalue weighted by Gasteiger charge is -2.18. The van der Waals surface area contributed by atoms with Gasteiger partial charge in [-0.1, -0.05) is 24.3 Å². The molecule has 0 saturated carbocycles. The van der Waals surface area contributed by atoms with Crippen molar-refractivity contribution in [2.24, 2.45) is 5.73 Å². The molecule has 2 aromatic rings. The molecule has 0 aromatic heterocycles. The molecule has 0 aliphatic carbocycles. The molecule has 0 aliphatic heterocycles. The van der Waals surface area contributed by atoms with E-state index in [2.05, 4.69) is 5.32 Å². The average molecular weight is 470 g/mol. The van der Waals surface area contributed by atoms with Crippen LogP contribution in [0, 0.1) is 0 Å². The maximum Gasteiger partial charge on any atom is 0.416 e. The number of carbonyl (C=O) groups is 2. The molecule has 2 aromatic carbocycles. The molecule has 8 nitrogen and oxygen atoms in total. The van der Waals surface area contributed by atoms with Gasteiger partial charge in [-0.25, -0.2) is 4.79 Å². The molecule has 0 fully saturated rings. The summed E-state index contributed by atoms with van der Waals surface area (Å²) in [4.78, 5) is 23.9. The van der Waals surface area contributed by atoms with Gasteiger partial charge in [0.15, 0.2) is 0 Å². The molecule has 1 amide bonds. The van der Waals surface area contributed by atoms with Crippen LogP contribution in [0.5, 0.6) is 5.75 Å². The lowest BCUT2D eigenvalue weighted by atomic mass is 10.0. The molecule has 0 radical (unpaired) electrons. The molecule has 0 heterocycles. The summed E-state index contributed by atoms with van der Waals surface area (Å²) in [6.45, 7) is -0.522. The van der Waals surface area contributed by atoms with Crippen LogP contribution in [0.2, 0.25) is 0 Å². The molecule has 6 N–H and O–H groups in total. The predicted octanol–water partition coefficient (Wildman–Crippen LogP) is 1.12. The predicted molar refractivity (Wildman–Crippen MR) is 111 cm³/mol. The fourth-order valence-corrected chi connectivity index (χ4v) is 2.86. The number of amides is 1. The van der Waals surface area contributed by atoms with Crippen molar-refractivity contribution in [3.05, 3.63) is 65.2 Å². The highest BCUT2D eigenvalue weighted by Gasteiger charge is 2.30. The molecule has 0 bridgehead atoms. The molecular formula is C22H25F3N2O6. The Bertz CT molecular complexity index is 919. The summed E-state index contributed by atoms with van der Waals surface area (Å²) in [5.74, 6) is -1.63. The number of alkyl halides is 3. The van der Waals surface area contributed by atoms with Crippen molar-refractivity contribution in [3.63, 3.8) is 0 Å². The van der Waals surface area contributed by atoms with E-state index in [1.54, 1.807) is 24.3 Å². The molecule has 2 unspecified atom stereocenters. The van der Waals surface area contributed by atoms with E-state index in [1.165, 1.54) is 0 Å². The van der Waals surface area contributed by atoms with E-state index in [1.807, 2.05) is 0 Å². The number of nitrogens with one attached hydrogen (secondary N) is 1. The summed E-state index contributed by atoms with van der Waals surface area (Å²) in [7, 11) is 0. The first-order valence-electron chi connectivity index (χ1n) is 9.95. The van der Waals surface area contributed by atoms with E-state index in [0.717, 1.165) is 24.3 Å². The van der Waals surface area contributed by atoms with Crippen LogP contribution in [-0.4, -0.2) is 58.6 Å². The molecular weight excluding hydrogens is 445 g/mol. The van der Waals surface area contributed by atoms with Gasteiger partial charge in [-0.3, -0.25) is 4.79 Å². The zero-order valence-corrected chi connectivity index (χ0v) is 17.5. The molecule has 180 valence electrons. The minimum absolute atomic E-state index is 0.0900. The lowest BCUT2D eigenvalue weighted by molar-refractivity contribution is -0.142. The highest BCUT2D eigenvalue weighted by Crippen LogP contribution is 2.29. The fourth-order valence-electron chi connectivity index (χ4n) is 2.86. The molecule has 0 spiro atoms. The quantitative estimate of drug-likeness (QED) is 0.331. The van der Waals surface area contributed by atoms with Gasteiger partial charge in [-0.15, -0.1) is 0 Å². The Morgan fingerprint density at radius 2 is 1.55 bits per heavy atom. The number of hydrogen-bond acceptors (Lipinski definition) is 6. The number of carboxylic acids is 1. The van der Waals surface area contributed by atoms with Gasteiger partial charge in [0.25, 0.3) is 0 Å². The van der Waals surface area contributed by atoms with Crippen molar-refractivity contribution in [2.75, 3.05) is 13.2 Å². The van der Waals surface area contributed by atoms with Gasteiger partial charge < -0.3 is 31.1 Å². The van der Waals surface area contributed by atoms with E-state index in [-0.39, 0.29) is 19.4 Å². The second-order valence-corrected chi connectivity index (χ2v) is 7.40. The highest BCUT2D eigenvalue weighted by atomic mass is 19.4. The maximum atomic E-state index is 12.7. The number of halogens is 3. The van der Waals surface area contributed by atoms with Gasteiger partial charge >= 0.3 is 12.1 Å². The standard InChI is InChI=1S/C22H25F3N2O6/c23-22(24,25)15-5-1-14(2-6-15)10-19(21(31)32)27-20(30)18(26)9-13-3-7-17(8-4-13)33-12-16(29)11-28/h1-8,16,18-19,28-29H,9-12,26H2,(H,27,30)(H,31,32)/t16?,18-,19?/m0/s1. The summed E-state index contributed by atoms with van der Waals surface area (Å²) in [6.07, 6.45) is -5.63. The van der Waals surface area contributed by atoms with Crippen LogP contribution in [0.4, 0.5) is 13.2 Å². The molecule has 2 rings (SSSR count). The fraction of sp³-hybridized carbons (Fsp3) is 0.364. The Balaban J connectivity index is 1.93. The normalized spacial score (nSPS) is 14.2. The topological polar surface area (TPSA) is 142 Å². The Morgan fingerprint density at radius 3 is 2.06 bits per heavy atom. The average Bonchev–Trinajstić information content (AvgIpc) is 2.77. The summed E-state index contributed by atoms with van der Waals surface area (Å²) in [5.41, 5.74) is 6.01. The van der Waals surface area contributed by atoms with Gasteiger partial charge in [0, 0.05) is 6.42 Å². The van der Waals surface area contributed by atoms with E-state index < -0.39 is 48.4 Å². The zero-order chi connectivity index (χ0) is 24.6. The van der Waals surface area contributed by atoms with E-state index in [9.17, 15) is 33.0 Å². The van der Waals surface area contributed by atoms with Crippen molar-refractivity contribution in [1.29, 1.82) is 0 Å². The van der Waals surface area contributed by atoms with Crippen LogP contribution in [0.1, 0.15) is 16.7 Å². The van der Waals surface area contributed by atoms with Crippen LogP contribution >= 0.6 is 0 Å². The van der Waals surface area contributed by atoms with Crippen molar-refractivity contribution >= 4 is 11.9 Å². The van der Waals surface area contributed by atoms with Crippen molar-refractivity contribution in [3.8, 4) is 5.75 Å². The third-order valence-electron chi connectivity index (χ3n) is 4.70. The molecule has 11 heteroatoms. The Morgan fingerprint density at radius 1 is 1.00 bits per heavy atom. The van der Waals surface area contributed by atoms with E-state index >= 15 is 0 Å². The minimum atomic E-state index is -4.50. The van der Waals surface area contributed by atoms with E-state index in [0.29, 0.717) is 16.9 Å². The van der Waals surface area contributed by atoms with Crippen LogP contribution < -0.4 is 15.8 Å². The molecule has 3 atom stereocenters. The van der Waals surface area contributed by atoms with Gasteiger partial charge in [0.2, 0.25) is 5.91 Å². The van der Waals surface area contributed by atoms with Crippen LogP contribution in [-0.2, 0) is 28.6 Å². The number of carbonyl (C=O) groups excluding carboxylic acids is 1. The number of ether oxygens (including phenoxy) is 1. The zero-order valence-electron chi connectivity index (χ0n) is 17.5. The monoisotopic (exact) mass is 470 g/mol. The Hall–Kier alpha value is -3.15. The number of benzene rings is 2. The number of rotatable bonds is 11. The summed E-state index contributed by atoms with van der Waals surface area (Å²) < 4.78 is 43.3. The van der Waals surface area contributed by atoms with Crippen LogP contribution in [0.3, 0.4) is 0 Å². The molecule has 0 aliphatic rings. The number of hydrogen-bond donors (Lipinski definition) is 5. The van der Waals surface area contributed by atoms with Crippen LogP contribution in [0.25, 0.3) is 0 Å². The first-order valence-corrected chi connectivity index (χ1v) is 9.95. The van der Waals surface area contributed by atoms with Crippen molar-refractivity contribution in [2.45, 2.75) is 37.2 Å². The maximum absolute atomic E-state index is 12.7. The third kappa shape index (κ3) is 8.37. The number of nitrogens with two attached hydrogens (primary N) is 1. The second kappa shape index (κ2) is 11.6.